The molecule has 0 unspecified atom stereocenters. The Morgan fingerprint density at radius 2 is 2.33 bits per heavy atom. The highest BCUT2D eigenvalue weighted by Crippen LogP contribution is 2.29. The van der Waals surface area contributed by atoms with Gasteiger partial charge in [-0.1, -0.05) is 0 Å². The third kappa shape index (κ3) is 2.07. The minimum absolute atomic E-state index is 0.303. The molecule has 0 saturated heterocycles. The van der Waals surface area contributed by atoms with Crippen molar-refractivity contribution in [2.75, 3.05) is 11.9 Å². The molecule has 1 saturated carbocycles. The second-order valence-electron chi connectivity index (χ2n) is 3.97. The number of nitrogens with zero attached hydrogens (tertiary/aromatic N) is 2. The number of hydrogen-bond acceptors (Lipinski definition) is 2. The number of rotatable bonds is 3. The highest BCUT2D eigenvalue weighted by molar-refractivity contribution is 6.17. The first-order chi connectivity index (χ1) is 7.22. The van der Waals surface area contributed by atoms with Crippen LogP contribution in [-0.4, -0.2) is 18.1 Å². The maximum absolute atomic E-state index is 13.0. The highest BCUT2D eigenvalue weighted by Gasteiger charge is 2.24. The number of alkyl halides is 1. The number of halogens is 2. The van der Waals surface area contributed by atoms with Crippen molar-refractivity contribution in [3.63, 3.8) is 0 Å². The van der Waals surface area contributed by atoms with E-state index in [-0.39, 0.29) is 5.82 Å². The number of hydrogen-bond donors (Lipinski definition) is 0. The molecule has 2 rings (SSSR count). The van der Waals surface area contributed by atoms with Crippen molar-refractivity contribution in [3.8, 4) is 0 Å². The summed E-state index contributed by atoms with van der Waals surface area (Å²) < 4.78 is 13.0. The molecule has 82 valence electrons. The highest BCUT2D eigenvalue weighted by atomic mass is 35.5. The Kier molecular flexibility index (Phi) is 3.10. The normalized spacial score (nSPS) is 16.2. The maximum Gasteiger partial charge on any atom is 0.141 e. The van der Waals surface area contributed by atoms with Crippen LogP contribution in [0.15, 0.2) is 12.3 Å². The van der Waals surface area contributed by atoms with Gasteiger partial charge in [0.25, 0.3) is 0 Å². The lowest BCUT2D eigenvalue weighted by atomic mass is 9.92. The Labute approximate surface area is 94.1 Å². The first kappa shape index (κ1) is 10.7. The van der Waals surface area contributed by atoms with Crippen LogP contribution in [0, 0.1) is 5.82 Å². The van der Waals surface area contributed by atoms with Gasteiger partial charge in [0.15, 0.2) is 0 Å². The average molecular weight is 229 g/mol. The quantitative estimate of drug-likeness (QED) is 0.740. The molecule has 1 aliphatic carbocycles. The molecule has 4 heteroatoms. The van der Waals surface area contributed by atoms with Gasteiger partial charge in [-0.15, -0.1) is 11.6 Å². The van der Waals surface area contributed by atoms with Gasteiger partial charge in [-0.3, -0.25) is 0 Å². The van der Waals surface area contributed by atoms with Crippen LogP contribution in [0.4, 0.5) is 10.2 Å². The van der Waals surface area contributed by atoms with Gasteiger partial charge >= 0.3 is 0 Å². The third-order valence-corrected chi connectivity index (χ3v) is 3.30. The Morgan fingerprint density at radius 1 is 1.60 bits per heavy atom. The van der Waals surface area contributed by atoms with Crippen LogP contribution in [0.3, 0.4) is 0 Å². The zero-order valence-corrected chi connectivity index (χ0v) is 9.47. The lowest BCUT2D eigenvalue weighted by Crippen LogP contribution is -2.38. The van der Waals surface area contributed by atoms with Crippen LogP contribution >= 0.6 is 11.6 Å². The second-order valence-corrected chi connectivity index (χ2v) is 4.23. The summed E-state index contributed by atoms with van der Waals surface area (Å²) in [7, 11) is 2.00. The van der Waals surface area contributed by atoms with Crippen LogP contribution in [0.1, 0.15) is 24.8 Å². The van der Waals surface area contributed by atoms with Crippen molar-refractivity contribution < 1.29 is 4.39 Å². The first-order valence-corrected chi connectivity index (χ1v) is 5.69. The smallest absolute Gasteiger partial charge is 0.141 e. The van der Waals surface area contributed by atoms with E-state index in [1.807, 2.05) is 7.05 Å². The van der Waals surface area contributed by atoms with Crippen LogP contribution < -0.4 is 4.90 Å². The summed E-state index contributed by atoms with van der Waals surface area (Å²) in [5, 5.41) is 0. The Hall–Kier alpha value is -0.830. The summed E-state index contributed by atoms with van der Waals surface area (Å²) in [6.45, 7) is 0. The third-order valence-electron chi connectivity index (χ3n) is 3.01. The summed E-state index contributed by atoms with van der Waals surface area (Å²) in [5.41, 5.74) is 0.770. The summed E-state index contributed by atoms with van der Waals surface area (Å²) in [6.07, 6.45) is 4.90. The lowest BCUT2D eigenvalue weighted by Gasteiger charge is -2.36. The molecular weight excluding hydrogens is 215 g/mol. The van der Waals surface area contributed by atoms with E-state index in [0.717, 1.165) is 11.4 Å². The molecule has 1 aromatic rings. The van der Waals surface area contributed by atoms with Gasteiger partial charge in [-0.05, 0) is 25.3 Å². The fourth-order valence-electron chi connectivity index (χ4n) is 1.84. The predicted octanol–water partition coefficient (Wildman–Crippen LogP) is 2.95. The van der Waals surface area contributed by atoms with Gasteiger partial charge in [0, 0.05) is 18.7 Å². The van der Waals surface area contributed by atoms with Gasteiger partial charge < -0.3 is 4.90 Å². The van der Waals surface area contributed by atoms with Gasteiger partial charge in [-0.25, -0.2) is 9.37 Å². The van der Waals surface area contributed by atoms with E-state index >= 15 is 0 Å². The van der Waals surface area contributed by atoms with Crippen molar-refractivity contribution >= 4 is 17.4 Å². The zero-order chi connectivity index (χ0) is 10.8. The van der Waals surface area contributed by atoms with Crippen molar-refractivity contribution in [2.45, 2.75) is 31.2 Å². The monoisotopic (exact) mass is 228 g/mol. The number of anilines is 1. The average Bonchev–Trinajstić information content (AvgIpc) is 2.14. The lowest BCUT2D eigenvalue weighted by molar-refractivity contribution is 0.398. The minimum Gasteiger partial charge on any atom is -0.356 e. The molecule has 1 aromatic heterocycles. The molecule has 0 amide bonds. The van der Waals surface area contributed by atoms with Gasteiger partial charge in [0.2, 0.25) is 0 Å². The van der Waals surface area contributed by atoms with Crippen LogP contribution in [0.5, 0.6) is 0 Å². The van der Waals surface area contributed by atoms with Crippen LogP contribution in [0.25, 0.3) is 0 Å². The molecule has 0 N–H and O–H groups in total. The van der Waals surface area contributed by atoms with E-state index in [1.165, 1.54) is 31.5 Å². The largest absolute Gasteiger partial charge is 0.356 e. The molecule has 0 spiro atoms. The molecular formula is C11H14ClFN2. The minimum atomic E-state index is -0.323. The van der Waals surface area contributed by atoms with Crippen LogP contribution in [0.2, 0.25) is 0 Å². The SMILES string of the molecule is CN(c1ncc(F)cc1CCl)C1CCC1. The Balaban J connectivity index is 2.25. The predicted molar refractivity (Wildman–Crippen MR) is 59.8 cm³/mol. The topological polar surface area (TPSA) is 16.1 Å². The molecule has 0 bridgehead atoms. The van der Waals surface area contributed by atoms with E-state index in [9.17, 15) is 4.39 Å². The van der Waals surface area contributed by atoms with Crippen molar-refractivity contribution in [1.82, 2.24) is 4.98 Å². The van der Waals surface area contributed by atoms with E-state index < -0.39 is 0 Å². The molecule has 0 radical (unpaired) electrons. The summed E-state index contributed by atoms with van der Waals surface area (Å²) in [6, 6.07) is 2.01. The zero-order valence-electron chi connectivity index (χ0n) is 8.71. The maximum atomic E-state index is 13.0. The molecule has 1 fully saturated rings. The standard InChI is InChI=1S/C11H14ClFN2/c1-15(10-3-2-4-10)11-8(6-12)5-9(13)7-14-11/h5,7,10H,2-4,6H2,1H3. The van der Waals surface area contributed by atoms with Crippen LogP contribution in [-0.2, 0) is 5.88 Å². The molecule has 0 aliphatic heterocycles. The fraction of sp³-hybridized carbons (Fsp3) is 0.545. The van der Waals surface area contributed by atoms with Gasteiger partial charge in [0.1, 0.15) is 11.6 Å². The van der Waals surface area contributed by atoms with Crippen molar-refractivity contribution in [3.05, 3.63) is 23.6 Å². The van der Waals surface area contributed by atoms with Gasteiger partial charge in [0.05, 0.1) is 12.1 Å². The van der Waals surface area contributed by atoms with E-state index in [4.69, 9.17) is 11.6 Å². The van der Waals surface area contributed by atoms with Crippen molar-refractivity contribution in [1.29, 1.82) is 0 Å². The molecule has 15 heavy (non-hydrogen) atoms. The fourth-order valence-corrected chi connectivity index (χ4v) is 2.03. The van der Waals surface area contributed by atoms with E-state index in [0.29, 0.717) is 11.9 Å². The van der Waals surface area contributed by atoms with Crippen molar-refractivity contribution in [2.24, 2.45) is 0 Å². The summed E-state index contributed by atoms with van der Waals surface area (Å²) in [4.78, 5) is 6.23. The summed E-state index contributed by atoms with van der Waals surface area (Å²) in [5.74, 6) is 0.796. The second kappa shape index (κ2) is 4.35. The number of aromatic nitrogens is 1. The van der Waals surface area contributed by atoms with E-state index in [1.54, 1.807) is 0 Å². The Morgan fingerprint density at radius 3 is 2.87 bits per heavy atom. The Bertz CT molecular complexity index is 352. The molecule has 1 aliphatic rings. The molecule has 0 aromatic carbocycles. The van der Waals surface area contributed by atoms with Gasteiger partial charge in [-0.2, -0.15) is 0 Å². The summed E-state index contributed by atoms with van der Waals surface area (Å²) >= 11 is 5.78. The number of pyridine rings is 1. The van der Waals surface area contributed by atoms with E-state index in [2.05, 4.69) is 9.88 Å². The first-order valence-electron chi connectivity index (χ1n) is 5.15. The molecule has 1 heterocycles. The molecule has 2 nitrogen and oxygen atoms in total. The molecule has 0 atom stereocenters.